The second-order valence-electron chi connectivity index (χ2n) is 9.41. The zero-order valence-electron chi connectivity index (χ0n) is 22.7. The van der Waals surface area contributed by atoms with Crippen molar-refractivity contribution in [3.8, 4) is 28.7 Å². The van der Waals surface area contributed by atoms with Gasteiger partial charge in [-0.05, 0) is 37.5 Å². The van der Waals surface area contributed by atoms with Crippen LogP contribution < -0.4 is 15.4 Å². The first-order chi connectivity index (χ1) is 19.5. The van der Waals surface area contributed by atoms with Gasteiger partial charge >= 0.3 is 6.09 Å². The average molecular weight is 540 g/mol. The highest BCUT2D eigenvalue weighted by Crippen LogP contribution is 2.28. The van der Waals surface area contributed by atoms with Gasteiger partial charge in [-0.15, -0.1) is 5.92 Å². The number of nitrogens with zero attached hydrogens (tertiary/aromatic N) is 1. The molecule has 0 aliphatic carbocycles. The molecule has 0 aromatic heterocycles. The van der Waals surface area contributed by atoms with Crippen molar-refractivity contribution in [2.75, 3.05) is 37.4 Å². The predicted molar refractivity (Wildman–Crippen MR) is 156 cm³/mol. The Morgan fingerprint density at radius 1 is 1.00 bits per heavy atom. The molecule has 8 nitrogen and oxygen atoms in total. The van der Waals surface area contributed by atoms with Crippen LogP contribution in [0.3, 0.4) is 0 Å². The van der Waals surface area contributed by atoms with Gasteiger partial charge in [0.2, 0.25) is 5.91 Å². The summed E-state index contributed by atoms with van der Waals surface area (Å²) < 4.78 is 11.0. The van der Waals surface area contributed by atoms with E-state index in [1.165, 1.54) is 7.11 Å². The van der Waals surface area contributed by atoms with Gasteiger partial charge in [-0.2, -0.15) is 0 Å². The number of aldehydes is 1. The van der Waals surface area contributed by atoms with E-state index in [0.29, 0.717) is 60.3 Å². The van der Waals surface area contributed by atoms with Crippen LogP contribution in [-0.2, 0) is 9.53 Å². The molecule has 4 rings (SSSR count). The summed E-state index contributed by atoms with van der Waals surface area (Å²) >= 11 is 0. The number of carbonyl (C=O) groups excluding carboxylic acids is 3. The van der Waals surface area contributed by atoms with Gasteiger partial charge in [0.15, 0.2) is 6.29 Å². The smallest absolute Gasteiger partial charge is 0.411 e. The van der Waals surface area contributed by atoms with Crippen LogP contribution >= 0.6 is 0 Å². The largest absolute Gasteiger partial charge is 0.496 e. The Kier molecular flexibility index (Phi) is 9.92. The number of anilines is 2. The number of hydrogen-bond acceptors (Lipinski definition) is 6. The topological polar surface area (TPSA) is 97.0 Å². The molecule has 0 saturated carbocycles. The lowest BCUT2D eigenvalue weighted by molar-refractivity contribution is -0.116. The number of rotatable bonds is 9. The van der Waals surface area contributed by atoms with Crippen LogP contribution in [0, 0.1) is 11.8 Å². The summed E-state index contributed by atoms with van der Waals surface area (Å²) in [5, 5.41) is 5.79. The first-order valence-corrected chi connectivity index (χ1v) is 13.2. The molecule has 8 heteroatoms. The van der Waals surface area contributed by atoms with E-state index in [1.807, 2.05) is 54.6 Å². The van der Waals surface area contributed by atoms with Crippen LogP contribution in [-0.4, -0.2) is 56.0 Å². The van der Waals surface area contributed by atoms with Crippen LogP contribution in [0.2, 0.25) is 0 Å². The van der Waals surface area contributed by atoms with Crippen LogP contribution in [0.15, 0.2) is 66.7 Å². The van der Waals surface area contributed by atoms with E-state index in [1.54, 1.807) is 19.1 Å². The van der Waals surface area contributed by atoms with Gasteiger partial charge in [0, 0.05) is 43.2 Å². The molecule has 1 fully saturated rings. The third-order valence-corrected chi connectivity index (χ3v) is 6.74. The first kappa shape index (κ1) is 28.4. The van der Waals surface area contributed by atoms with Crippen LogP contribution in [0.25, 0.3) is 11.1 Å². The first-order valence-electron chi connectivity index (χ1n) is 13.2. The van der Waals surface area contributed by atoms with Gasteiger partial charge in [0.25, 0.3) is 0 Å². The molecule has 1 aliphatic rings. The fourth-order valence-electron chi connectivity index (χ4n) is 4.68. The number of methoxy groups -OCH3 is 1. The summed E-state index contributed by atoms with van der Waals surface area (Å²) in [6.45, 7) is 3.71. The lowest BCUT2D eigenvalue weighted by atomic mass is 10.0. The standard InChI is InChI=1S/C32H33N3O5/c1-3-9-24-20-25(22-36)30(39-2)21-29(24)33-31(37)16-19-35-17-14-26(15-18-35)40-32(38)34-28-13-8-7-12-27(28)23-10-5-4-6-11-23/h4-8,10-13,20-22,26H,14-19H2,1-2H3,(H,33,37)(H,34,38). The summed E-state index contributed by atoms with van der Waals surface area (Å²) in [6, 6.07) is 20.8. The number of carbonyl (C=O) groups is 3. The zero-order valence-corrected chi connectivity index (χ0v) is 22.7. The summed E-state index contributed by atoms with van der Waals surface area (Å²) in [4.78, 5) is 38.9. The molecule has 3 aromatic rings. The summed E-state index contributed by atoms with van der Waals surface area (Å²) in [5.74, 6) is 5.95. The molecule has 40 heavy (non-hydrogen) atoms. The van der Waals surface area contributed by atoms with Crippen molar-refractivity contribution < 1.29 is 23.9 Å². The zero-order chi connectivity index (χ0) is 28.3. The van der Waals surface area contributed by atoms with Gasteiger partial charge in [-0.25, -0.2) is 4.79 Å². The van der Waals surface area contributed by atoms with E-state index in [-0.39, 0.29) is 12.0 Å². The highest BCUT2D eigenvalue weighted by Gasteiger charge is 2.23. The molecule has 0 radical (unpaired) electrons. The second kappa shape index (κ2) is 14.0. The molecule has 0 spiro atoms. The molecule has 3 aromatic carbocycles. The fraction of sp³-hybridized carbons (Fsp3) is 0.281. The van der Waals surface area contributed by atoms with E-state index in [0.717, 1.165) is 24.2 Å². The van der Waals surface area contributed by atoms with E-state index in [2.05, 4.69) is 27.4 Å². The molecule has 206 valence electrons. The summed E-state index contributed by atoms with van der Waals surface area (Å²) in [5.41, 5.74) is 4.09. The minimum absolute atomic E-state index is 0.158. The Morgan fingerprint density at radius 2 is 1.73 bits per heavy atom. The molecule has 1 aliphatic heterocycles. The van der Waals surface area contributed by atoms with Crippen molar-refractivity contribution in [1.29, 1.82) is 0 Å². The Bertz CT molecular complexity index is 1400. The molecular weight excluding hydrogens is 506 g/mol. The van der Waals surface area contributed by atoms with Crippen molar-refractivity contribution in [3.63, 3.8) is 0 Å². The molecule has 2 N–H and O–H groups in total. The van der Waals surface area contributed by atoms with Gasteiger partial charge < -0.3 is 19.7 Å². The van der Waals surface area contributed by atoms with E-state index in [4.69, 9.17) is 9.47 Å². The van der Waals surface area contributed by atoms with Gasteiger partial charge in [-0.1, -0.05) is 54.5 Å². The maximum Gasteiger partial charge on any atom is 0.411 e. The Balaban J connectivity index is 1.24. The predicted octanol–water partition coefficient (Wildman–Crippen LogP) is 5.59. The van der Waals surface area contributed by atoms with E-state index < -0.39 is 6.09 Å². The lowest BCUT2D eigenvalue weighted by Crippen LogP contribution is -2.39. The average Bonchev–Trinajstić information content (AvgIpc) is 2.98. The minimum atomic E-state index is -0.469. The van der Waals surface area contributed by atoms with Gasteiger partial charge in [0.05, 0.1) is 24.0 Å². The summed E-state index contributed by atoms with van der Waals surface area (Å²) in [6.07, 6.45) is 1.72. The second-order valence-corrected chi connectivity index (χ2v) is 9.41. The van der Waals surface area contributed by atoms with Crippen molar-refractivity contribution in [1.82, 2.24) is 4.90 Å². The summed E-state index contributed by atoms with van der Waals surface area (Å²) in [7, 11) is 1.47. The third-order valence-electron chi connectivity index (χ3n) is 6.74. The van der Waals surface area contributed by atoms with Crippen molar-refractivity contribution in [3.05, 3.63) is 77.9 Å². The normalized spacial score (nSPS) is 13.4. The van der Waals surface area contributed by atoms with Crippen LogP contribution in [0.4, 0.5) is 16.2 Å². The van der Waals surface area contributed by atoms with Crippen LogP contribution in [0.1, 0.15) is 42.1 Å². The number of para-hydroxylation sites is 1. The van der Waals surface area contributed by atoms with E-state index in [9.17, 15) is 14.4 Å². The molecule has 0 bridgehead atoms. The highest BCUT2D eigenvalue weighted by atomic mass is 16.6. The van der Waals surface area contributed by atoms with Crippen LogP contribution in [0.5, 0.6) is 5.75 Å². The SMILES string of the molecule is CC#Cc1cc(C=O)c(OC)cc1NC(=O)CCN1CCC(OC(=O)Nc2ccccc2-c2ccccc2)CC1. The number of ether oxygens (including phenoxy) is 2. The number of amides is 2. The van der Waals surface area contributed by atoms with Crippen molar-refractivity contribution in [2.45, 2.75) is 32.3 Å². The molecule has 0 atom stereocenters. The Morgan fingerprint density at radius 3 is 2.42 bits per heavy atom. The number of piperidine rings is 1. The highest BCUT2D eigenvalue weighted by molar-refractivity contribution is 5.94. The Hall–Kier alpha value is -4.61. The lowest BCUT2D eigenvalue weighted by Gasteiger charge is -2.31. The quantitative estimate of drug-likeness (QED) is 0.272. The maximum absolute atomic E-state index is 12.7. The van der Waals surface area contributed by atoms with E-state index >= 15 is 0 Å². The molecule has 2 amide bonds. The molecule has 1 saturated heterocycles. The number of nitrogens with one attached hydrogen (secondary N) is 2. The van der Waals surface area contributed by atoms with Crippen molar-refractivity contribution in [2.24, 2.45) is 0 Å². The minimum Gasteiger partial charge on any atom is -0.496 e. The number of hydrogen-bond donors (Lipinski definition) is 2. The fourth-order valence-corrected chi connectivity index (χ4v) is 4.68. The molecule has 0 unspecified atom stereocenters. The van der Waals surface area contributed by atoms with Gasteiger partial charge in [0.1, 0.15) is 11.9 Å². The van der Waals surface area contributed by atoms with Gasteiger partial charge in [-0.3, -0.25) is 14.9 Å². The Labute approximate surface area is 234 Å². The van der Waals surface area contributed by atoms with Crippen molar-refractivity contribution >= 4 is 29.7 Å². The third kappa shape index (κ3) is 7.49. The monoisotopic (exact) mass is 539 g/mol. The maximum atomic E-state index is 12.7. The molecule has 1 heterocycles. The number of likely N-dealkylation sites (tertiary alicyclic amines) is 1. The molecular formula is C32H33N3O5. The number of benzene rings is 3.